The number of H-pyrrole nitrogens is 1. The van der Waals surface area contributed by atoms with Crippen LogP contribution in [0.4, 0.5) is 0 Å². The minimum Gasteiger partial charge on any atom is -0.318 e. The molecule has 0 aliphatic heterocycles. The van der Waals surface area contributed by atoms with Gasteiger partial charge in [-0.1, -0.05) is 37.3 Å². The first-order chi connectivity index (χ1) is 13.5. The lowest BCUT2D eigenvalue weighted by Gasteiger charge is -2.18. The molecule has 1 aromatic carbocycles. The van der Waals surface area contributed by atoms with Crippen LogP contribution in [0.5, 0.6) is 0 Å². The number of aromatic amines is 1. The van der Waals surface area contributed by atoms with Gasteiger partial charge in [-0.25, -0.2) is 13.4 Å². The smallest absolute Gasteiger partial charge is 0.227 e. The first kappa shape index (κ1) is 20.3. The molecule has 0 atom stereocenters. The lowest BCUT2D eigenvalue weighted by molar-refractivity contribution is 0.303. The van der Waals surface area contributed by atoms with Crippen LogP contribution < -0.4 is 0 Å². The predicted molar refractivity (Wildman–Crippen MR) is 108 cm³/mol. The fraction of sp³-hybridized carbons (Fsp3) is 0.400. The van der Waals surface area contributed by atoms with Crippen molar-refractivity contribution in [3.05, 3.63) is 65.7 Å². The number of nitrogens with zero attached hydrogens (tertiary/aromatic N) is 4. The van der Waals surface area contributed by atoms with Crippen molar-refractivity contribution in [1.82, 2.24) is 24.6 Å². The van der Waals surface area contributed by atoms with E-state index in [0.717, 1.165) is 24.2 Å². The summed E-state index contributed by atoms with van der Waals surface area (Å²) in [6.45, 7) is 3.58. The second-order valence-electron chi connectivity index (χ2n) is 6.93. The van der Waals surface area contributed by atoms with E-state index in [0.29, 0.717) is 19.6 Å². The maximum Gasteiger partial charge on any atom is 0.227 e. The molecule has 0 amide bonds. The Bertz CT molecular complexity index is 965. The third kappa shape index (κ3) is 5.08. The molecule has 8 heteroatoms. The van der Waals surface area contributed by atoms with Crippen LogP contribution in [0.3, 0.4) is 0 Å². The number of imidazole rings is 1. The van der Waals surface area contributed by atoms with Gasteiger partial charge in [0.2, 0.25) is 15.0 Å². The summed E-state index contributed by atoms with van der Waals surface area (Å²) in [5, 5.41) is 7.09. The zero-order valence-electron chi connectivity index (χ0n) is 16.4. The molecule has 7 nitrogen and oxygen atoms in total. The Hall–Kier alpha value is -2.45. The molecule has 2 aromatic heterocycles. The Kier molecular flexibility index (Phi) is 6.64. The van der Waals surface area contributed by atoms with Gasteiger partial charge in [0, 0.05) is 31.5 Å². The van der Waals surface area contributed by atoms with Crippen molar-refractivity contribution in [3.8, 4) is 0 Å². The van der Waals surface area contributed by atoms with Crippen LogP contribution in [0, 0.1) is 0 Å². The van der Waals surface area contributed by atoms with E-state index in [1.807, 2.05) is 35.9 Å². The Labute approximate surface area is 166 Å². The van der Waals surface area contributed by atoms with Crippen LogP contribution in [-0.4, -0.2) is 45.9 Å². The maximum absolute atomic E-state index is 12.5. The van der Waals surface area contributed by atoms with Crippen molar-refractivity contribution in [3.63, 3.8) is 0 Å². The monoisotopic (exact) mass is 401 g/mol. The number of hydrogen-bond donors (Lipinski definition) is 1. The average Bonchev–Trinajstić information content (AvgIpc) is 3.33. The van der Waals surface area contributed by atoms with Crippen molar-refractivity contribution in [2.24, 2.45) is 0 Å². The molecule has 0 saturated carbocycles. The van der Waals surface area contributed by atoms with Crippen molar-refractivity contribution < 1.29 is 8.42 Å². The standard InChI is InChI=1S/C20H27N5O2S/c1-3-28(26,27)20-21-14-19(16-24(2)15-18-11-12-22-23-18)25(20)13-7-10-17-8-5-4-6-9-17/h4-6,8-9,11-12,14H,3,7,10,13,15-16H2,1-2H3,(H,22,23). The van der Waals surface area contributed by atoms with Gasteiger partial charge in [-0.2, -0.15) is 5.10 Å². The predicted octanol–water partition coefficient (Wildman–Crippen LogP) is 2.66. The van der Waals surface area contributed by atoms with Crippen LogP contribution in [0.25, 0.3) is 0 Å². The summed E-state index contributed by atoms with van der Waals surface area (Å²) < 4.78 is 26.9. The first-order valence-corrected chi connectivity index (χ1v) is 11.1. The molecule has 0 aliphatic rings. The van der Waals surface area contributed by atoms with E-state index in [1.165, 1.54) is 5.56 Å². The molecule has 150 valence electrons. The van der Waals surface area contributed by atoms with Crippen molar-refractivity contribution in [2.45, 2.75) is 44.6 Å². The second kappa shape index (κ2) is 9.16. The van der Waals surface area contributed by atoms with Gasteiger partial charge in [-0.05, 0) is 31.5 Å². The average molecular weight is 402 g/mol. The normalized spacial score (nSPS) is 12.0. The molecule has 0 radical (unpaired) electrons. The van der Waals surface area contributed by atoms with E-state index >= 15 is 0 Å². The number of hydrogen-bond acceptors (Lipinski definition) is 5. The molecule has 0 aliphatic carbocycles. The first-order valence-electron chi connectivity index (χ1n) is 9.47. The third-order valence-corrected chi connectivity index (χ3v) is 6.32. The van der Waals surface area contributed by atoms with Crippen LogP contribution in [0.2, 0.25) is 0 Å². The Balaban J connectivity index is 1.75. The maximum atomic E-state index is 12.5. The number of rotatable bonds is 10. The fourth-order valence-electron chi connectivity index (χ4n) is 3.22. The highest BCUT2D eigenvalue weighted by Gasteiger charge is 2.22. The van der Waals surface area contributed by atoms with Crippen LogP contribution in [-0.2, 0) is 35.9 Å². The van der Waals surface area contributed by atoms with Crippen LogP contribution in [0.1, 0.15) is 30.3 Å². The van der Waals surface area contributed by atoms with Crippen molar-refractivity contribution in [1.29, 1.82) is 0 Å². The van der Waals surface area contributed by atoms with Gasteiger partial charge in [0.1, 0.15) is 0 Å². The molecule has 3 aromatic rings. The Morgan fingerprint density at radius 2 is 1.93 bits per heavy atom. The number of aryl methyl sites for hydroxylation is 1. The summed E-state index contributed by atoms with van der Waals surface area (Å²) in [6, 6.07) is 12.2. The Morgan fingerprint density at radius 3 is 2.61 bits per heavy atom. The SMILES string of the molecule is CCS(=O)(=O)c1ncc(CN(C)Cc2ccn[nH]2)n1CCCc1ccccc1. The molecular weight excluding hydrogens is 374 g/mol. The van der Waals surface area contributed by atoms with Gasteiger partial charge in [-0.3, -0.25) is 10.00 Å². The minimum atomic E-state index is -3.37. The molecule has 0 saturated heterocycles. The van der Waals surface area contributed by atoms with Crippen molar-refractivity contribution >= 4 is 9.84 Å². The summed E-state index contributed by atoms with van der Waals surface area (Å²) in [7, 11) is -1.38. The molecule has 0 bridgehead atoms. The lowest BCUT2D eigenvalue weighted by Crippen LogP contribution is -2.21. The zero-order chi connectivity index (χ0) is 20.0. The van der Waals surface area contributed by atoms with Gasteiger partial charge in [0.15, 0.2) is 0 Å². The summed E-state index contributed by atoms with van der Waals surface area (Å²) >= 11 is 0. The molecular formula is C20H27N5O2S. The van der Waals surface area contributed by atoms with Gasteiger partial charge < -0.3 is 4.57 Å². The van der Waals surface area contributed by atoms with E-state index < -0.39 is 9.84 Å². The molecule has 0 spiro atoms. The fourth-order valence-corrected chi connectivity index (χ4v) is 4.23. The number of nitrogens with one attached hydrogen (secondary N) is 1. The van der Waals surface area contributed by atoms with E-state index in [-0.39, 0.29) is 10.9 Å². The van der Waals surface area contributed by atoms with Gasteiger partial charge >= 0.3 is 0 Å². The number of aromatic nitrogens is 4. The highest BCUT2D eigenvalue weighted by Crippen LogP contribution is 2.17. The molecule has 3 rings (SSSR count). The van der Waals surface area contributed by atoms with Crippen LogP contribution >= 0.6 is 0 Å². The molecule has 0 fully saturated rings. The van der Waals surface area contributed by atoms with Crippen molar-refractivity contribution in [2.75, 3.05) is 12.8 Å². The summed E-state index contributed by atoms with van der Waals surface area (Å²) in [6.07, 6.45) is 5.16. The Morgan fingerprint density at radius 1 is 1.14 bits per heavy atom. The van der Waals surface area contributed by atoms with Gasteiger partial charge in [0.05, 0.1) is 17.6 Å². The molecule has 2 heterocycles. The topological polar surface area (TPSA) is 83.9 Å². The molecule has 0 unspecified atom stereocenters. The quantitative estimate of drug-likeness (QED) is 0.565. The number of benzene rings is 1. The van der Waals surface area contributed by atoms with E-state index in [1.54, 1.807) is 19.3 Å². The third-order valence-electron chi connectivity index (χ3n) is 4.68. The zero-order valence-corrected chi connectivity index (χ0v) is 17.2. The van der Waals surface area contributed by atoms with E-state index in [4.69, 9.17) is 0 Å². The van der Waals surface area contributed by atoms with E-state index in [2.05, 4.69) is 32.2 Å². The summed E-state index contributed by atoms with van der Waals surface area (Å²) in [5.74, 6) is 0.0477. The number of sulfone groups is 1. The highest BCUT2D eigenvalue weighted by atomic mass is 32.2. The second-order valence-corrected chi connectivity index (χ2v) is 9.10. The van der Waals surface area contributed by atoms with E-state index in [9.17, 15) is 8.42 Å². The molecule has 1 N–H and O–H groups in total. The largest absolute Gasteiger partial charge is 0.318 e. The summed E-state index contributed by atoms with van der Waals surface area (Å²) in [4.78, 5) is 6.37. The van der Waals surface area contributed by atoms with Crippen LogP contribution in [0.15, 0.2) is 53.9 Å². The van der Waals surface area contributed by atoms with Gasteiger partial charge in [-0.15, -0.1) is 0 Å². The lowest BCUT2D eigenvalue weighted by atomic mass is 10.1. The highest BCUT2D eigenvalue weighted by molar-refractivity contribution is 7.91. The van der Waals surface area contributed by atoms with Gasteiger partial charge in [0.25, 0.3) is 0 Å². The minimum absolute atomic E-state index is 0.0477. The summed E-state index contributed by atoms with van der Waals surface area (Å²) in [5.41, 5.74) is 3.17. The molecule has 28 heavy (non-hydrogen) atoms.